The molecule has 1 atom stereocenters. The average molecular weight is 448 g/mol. The third-order valence-electron chi connectivity index (χ3n) is 6.16. The van der Waals surface area contributed by atoms with Gasteiger partial charge < -0.3 is 14.7 Å². The number of aromatic nitrogens is 2. The number of halogens is 3. The lowest BCUT2D eigenvalue weighted by atomic mass is 10.2. The highest BCUT2D eigenvalue weighted by Crippen LogP contribution is 2.28. The van der Waals surface area contributed by atoms with E-state index >= 15 is 0 Å². The fraction of sp³-hybridized carbons (Fsp3) is 0.500. The maximum absolute atomic E-state index is 12.9. The smallest absolute Gasteiger partial charge is 0.368 e. The molecule has 2 aliphatic heterocycles. The van der Waals surface area contributed by atoms with Gasteiger partial charge in [0, 0.05) is 64.2 Å². The van der Waals surface area contributed by atoms with Crippen molar-refractivity contribution in [3.8, 4) is 0 Å². The van der Waals surface area contributed by atoms with Crippen LogP contribution in [0.2, 0.25) is 0 Å². The van der Waals surface area contributed by atoms with Crippen LogP contribution < -0.4 is 9.80 Å². The van der Waals surface area contributed by atoms with E-state index in [1.54, 1.807) is 11.9 Å². The number of likely N-dealkylation sites (N-methyl/N-ethyl adjacent to an activating group) is 1. The second-order valence-corrected chi connectivity index (χ2v) is 8.23. The molecule has 0 saturated carbocycles. The summed E-state index contributed by atoms with van der Waals surface area (Å²) in [5.74, 6) is 0.145. The van der Waals surface area contributed by atoms with Crippen molar-refractivity contribution in [2.45, 2.75) is 18.6 Å². The van der Waals surface area contributed by atoms with Gasteiger partial charge in [0.05, 0.1) is 6.54 Å². The maximum atomic E-state index is 12.9. The summed E-state index contributed by atoms with van der Waals surface area (Å²) in [6.45, 7) is 4.59. The van der Waals surface area contributed by atoms with Gasteiger partial charge in [-0.15, -0.1) is 0 Å². The lowest BCUT2D eigenvalue weighted by Crippen LogP contribution is -2.51. The van der Waals surface area contributed by atoms with Crippen LogP contribution in [0.15, 0.2) is 42.6 Å². The molecule has 172 valence electrons. The molecule has 1 amide bonds. The van der Waals surface area contributed by atoms with Crippen LogP contribution >= 0.6 is 0 Å². The first-order valence-corrected chi connectivity index (χ1v) is 10.7. The van der Waals surface area contributed by atoms with Crippen LogP contribution in [-0.2, 0) is 11.0 Å². The molecule has 0 N–H and O–H groups in total. The highest BCUT2D eigenvalue weighted by molar-refractivity contribution is 5.78. The number of piperazine rings is 1. The fourth-order valence-corrected chi connectivity index (χ4v) is 4.26. The SMILES string of the molecule is CN(c1nccc(C(F)(F)F)n1)C1CCN(CC(=O)N2CCN(c3ccccc3)CC2)C1. The maximum Gasteiger partial charge on any atom is 0.433 e. The highest BCUT2D eigenvalue weighted by Gasteiger charge is 2.34. The first-order chi connectivity index (χ1) is 15.3. The Labute approximate surface area is 185 Å². The second-order valence-electron chi connectivity index (χ2n) is 8.23. The molecule has 0 bridgehead atoms. The van der Waals surface area contributed by atoms with Gasteiger partial charge in [0.2, 0.25) is 11.9 Å². The molecule has 7 nitrogen and oxygen atoms in total. The molecule has 0 aliphatic carbocycles. The number of benzene rings is 1. The standard InChI is InChI=1S/C22H27F3N6O/c1-28(21-26-9-7-19(27-21)22(23,24)25)18-8-10-29(15-18)16-20(32)31-13-11-30(12-14-31)17-5-3-2-4-6-17/h2-7,9,18H,8,10-16H2,1H3. The third-order valence-corrected chi connectivity index (χ3v) is 6.16. The van der Waals surface area contributed by atoms with E-state index in [4.69, 9.17) is 0 Å². The molecule has 2 saturated heterocycles. The number of para-hydroxylation sites is 1. The predicted molar refractivity (Wildman–Crippen MR) is 116 cm³/mol. The van der Waals surface area contributed by atoms with E-state index in [1.165, 1.54) is 5.69 Å². The van der Waals surface area contributed by atoms with Crippen molar-refractivity contribution in [1.29, 1.82) is 0 Å². The van der Waals surface area contributed by atoms with E-state index in [-0.39, 0.29) is 17.9 Å². The Balaban J connectivity index is 1.27. The normalized spacial score (nSPS) is 19.9. The van der Waals surface area contributed by atoms with Gasteiger partial charge in [-0.25, -0.2) is 9.97 Å². The number of amides is 1. The predicted octanol–water partition coefficient (Wildman–Crippen LogP) is 2.35. The van der Waals surface area contributed by atoms with Gasteiger partial charge in [0.15, 0.2) is 0 Å². The molecule has 4 rings (SSSR count). The monoisotopic (exact) mass is 448 g/mol. The number of rotatable bonds is 5. The third kappa shape index (κ3) is 5.12. The van der Waals surface area contributed by atoms with E-state index in [0.717, 1.165) is 31.8 Å². The van der Waals surface area contributed by atoms with E-state index in [0.29, 0.717) is 32.7 Å². The van der Waals surface area contributed by atoms with Crippen LogP contribution in [0.4, 0.5) is 24.8 Å². The molecular formula is C22H27F3N6O. The van der Waals surface area contributed by atoms with E-state index in [9.17, 15) is 18.0 Å². The molecular weight excluding hydrogens is 421 g/mol. The lowest BCUT2D eigenvalue weighted by Gasteiger charge is -2.36. The summed E-state index contributed by atoms with van der Waals surface area (Å²) < 4.78 is 38.8. The molecule has 2 fully saturated rings. The zero-order valence-corrected chi connectivity index (χ0v) is 18.0. The summed E-state index contributed by atoms with van der Waals surface area (Å²) in [4.78, 5) is 28.4. The summed E-state index contributed by atoms with van der Waals surface area (Å²) in [7, 11) is 1.70. The minimum atomic E-state index is -4.50. The van der Waals surface area contributed by atoms with Crippen molar-refractivity contribution in [1.82, 2.24) is 19.8 Å². The minimum Gasteiger partial charge on any atom is -0.368 e. The molecule has 2 aromatic rings. The zero-order chi connectivity index (χ0) is 22.7. The Morgan fingerprint density at radius 3 is 2.50 bits per heavy atom. The number of likely N-dealkylation sites (tertiary alicyclic amines) is 1. The summed E-state index contributed by atoms with van der Waals surface area (Å²) in [6.07, 6.45) is -2.63. The van der Waals surface area contributed by atoms with Crippen LogP contribution in [0.5, 0.6) is 0 Å². The second kappa shape index (κ2) is 9.32. The van der Waals surface area contributed by atoms with Gasteiger partial charge in [0.25, 0.3) is 0 Å². The number of hydrogen-bond acceptors (Lipinski definition) is 6. The van der Waals surface area contributed by atoms with Crippen molar-refractivity contribution in [3.05, 3.63) is 48.3 Å². The molecule has 1 unspecified atom stereocenters. The van der Waals surface area contributed by atoms with Gasteiger partial charge in [-0.3, -0.25) is 9.69 Å². The van der Waals surface area contributed by atoms with Crippen LogP contribution in [0, 0.1) is 0 Å². The number of carbonyl (C=O) groups excluding carboxylic acids is 1. The first-order valence-electron chi connectivity index (χ1n) is 10.7. The molecule has 10 heteroatoms. The Bertz CT molecular complexity index is 917. The molecule has 32 heavy (non-hydrogen) atoms. The molecule has 3 heterocycles. The number of alkyl halides is 3. The number of carbonyl (C=O) groups is 1. The summed E-state index contributed by atoms with van der Waals surface area (Å²) >= 11 is 0. The van der Waals surface area contributed by atoms with Crippen molar-refractivity contribution < 1.29 is 18.0 Å². The summed E-state index contributed by atoms with van der Waals surface area (Å²) in [6, 6.07) is 11.0. The number of hydrogen-bond donors (Lipinski definition) is 0. The van der Waals surface area contributed by atoms with Crippen molar-refractivity contribution in [3.63, 3.8) is 0 Å². The Morgan fingerprint density at radius 1 is 1.09 bits per heavy atom. The highest BCUT2D eigenvalue weighted by atomic mass is 19.4. The van der Waals surface area contributed by atoms with E-state index in [2.05, 4.69) is 31.9 Å². The van der Waals surface area contributed by atoms with Gasteiger partial charge in [-0.05, 0) is 24.6 Å². The van der Waals surface area contributed by atoms with Crippen LogP contribution in [0.1, 0.15) is 12.1 Å². The van der Waals surface area contributed by atoms with Gasteiger partial charge in [0.1, 0.15) is 5.69 Å². The fourth-order valence-electron chi connectivity index (χ4n) is 4.26. The quantitative estimate of drug-likeness (QED) is 0.700. The first kappa shape index (κ1) is 22.3. The zero-order valence-electron chi connectivity index (χ0n) is 18.0. The van der Waals surface area contributed by atoms with E-state index < -0.39 is 11.9 Å². The van der Waals surface area contributed by atoms with E-state index in [1.807, 2.05) is 23.1 Å². The van der Waals surface area contributed by atoms with Gasteiger partial charge >= 0.3 is 6.18 Å². The largest absolute Gasteiger partial charge is 0.433 e. The number of nitrogens with zero attached hydrogens (tertiary/aromatic N) is 6. The molecule has 1 aromatic heterocycles. The van der Waals surface area contributed by atoms with Crippen LogP contribution in [-0.4, -0.2) is 84.6 Å². The molecule has 0 spiro atoms. The number of anilines is 2. The Hall–Kier alpha value is -2.88. The van der Waals surface area contributed by atoms with Crippen molar-refractivity contribution >= 4 is 17.5 Å². The lowest BCUT2D eigenvalue weighted by molar-refractivity contribution is -0.141. The molecule has 2 aliphatic rings. The van der Waals surface area contributed by atoms with Gasteiger partial charge in [-0.1, -0.05) is 18.2 Å². The molecule has 1 aromatic carbocycles. The summed E-state index contributed by atoms with van der Waals surface area (Å²) in [5, 5.41) is 0. The van der Waals surface area contributed by atoms with Crippen molar-refractivity contribution in [2.24, 2.45) is 0 Å². The Kier molecular flexibility index (Phi) is 6.50. The van der Waals surface area contributed by atoms with Crippen LogP contribution in [0.25, 0.3) is 0 Å². The topological polar surface area (TPSA) is 55.8 Å². The molecule has 0 radical (unpaired) electrons. The van der Waals surface area contributed by atoms with Crippen LogP contribution in [0.3, 0.4) is 0 Å². The van der Waals surface area contributed by atoms with Gasteiger partial charge in [-0.2, -0.15) is 13.2 Å². The Morgan fingerprint density at radius 2 is 1.81 bits per heavy atom. The summed E-state index contributed by atoms with van der Waals surface area (Å²) in [5.41, 5.74) is 0.218. The minimum absolute atomic E-state index is 0.0405. The average Bonchev–Trinajstić information content (AvgIpc) is 3.27. The van der Waals surface area contributed by atoms with Crippen molar-refractivity contribution in [2.75, 3.05) is 62.7 Å².